The summed E-state index contributed by atoms with van der Waals surface area (Å²) in [5.41, 5.74) is 2.77. The third-order valence-electron chi connectivity index (χ3n) is 4.74. The van der Waals surface area contributed by atoms with Crippen LogP contribution in [-0.2, 0) is 0 Å². The summed E-state index contributed by atoms with van der Waals surface area (Å²) in [5.74, 6) is -0.203. The number of carbonyl (C=O) groups is 2. The molecule has 0 atom stereocenters. The van der Waals surface area contributed by atoms with E-state index in [1.807, 2.05) is 43.0 Å². The molecule has 0 N–H and O–H groups in total. The molecule has 136 valence electrons. The first-order valence-electron chi connectivity index (χ1n) is 9.24. The lowest BCUT2D eigenvalue weighted by Gasteiger charge is -2.27. The van der Waals surface area contributed by atoms with Crippen LogP contribution in [0.4, 0.5) is 5.69 Å². The largest absolute Gasteiger partial charge is 0.339 e. The van der Waals surface area contributed by atoms with Crippen LogP contribution in [0, 0.1) is 6.92 Å². The molecule has 5 nitrogen and oxygen atoms in total. The van der Waals surface area contributed by atoms with Crippen molar-refractivity contribution in [1.29, 1.82) is 0 Å². The molecular weight excluding hydrogens is 326 g/mol. The van der Waals surface area contributed by atoms with E-state index in [2.05, 4.69) is 4.98 Å². The molecule has 1 saturated heterocycles. The Kier molecular flexibility index (Phi) is 5.66. The topological polar surface area (TPSA) is 53.5 Å². The first-order chi connectivity index (χ1) is 12.6. The average molecular weight is 351 g/mol. The maximum absolute atomic E-state index is 13.0. The van der Waals surface area contributed by atoms with Crippen LogP contribution in [0.15, 0.2) is 42.6 Å². The summed E-state index contributed by atoms with van der Waals surface area (Å²) in [5, 5.41) is 0. The molecule has 0 bridgehead atoms. The summed E-state index contributed by atoms with van der Waals surface area (Å²) in [6.07, 6.45) is 4.81. The highest BCUT2D eigenvalue weighted by molar-refractivity contribution is 6.06. The van der Waals surface area contributed by atoms with E-state index in [9.17, 15) is 9.59 Å². The minimum absolute atomic E-state index is 0.0141. The van der Waals surface area contributed by atoms with Crippen LogP contribution in [-0.4, -0.2) is 41.3 Å². The second-order valence-electron chi connectivity index (χ2n) is 6.67. The maximum Gasteiger partial charge on any atom is 0.276 e. The van der Waals surface area contributed by atoms with Crippen molar-refractivity contribution in [2.75, 3.05) is 24.5 Å². The van der Waals surface area contributed by atoms with Crippen LogP contribution in [0.3, 0.4) is 0 Å². The highest BCUT2D eigenvalue weighted by Crippen LogP contribution is 2.19. The molecule has 2 heterocycles. The van der Waals surface area contributed by atoms with Gasteiger partial charge in [-0.25, -0.2) is 0 Å². The number of nitrogens with zero attached hydrogens (tertiary/aromatic N) is 3. The van der Waals surface area contributed by atoms with Gasteiger partial charge in [-0.1, -0.05) is 12.1 Å². The average Bonchev–Trinajstić information content (AvgIpc) is 2.69. The van der Waals surface area contributed by atoms with E-state index in [0.717, 1.165) is 37.2 Å². The first kappa shape index (κ1) is 18.1. The van der Waals surface area contributed by atoms with E-state index in [0.29, 0.717) is 17.8 Å². The van der Waals surface area contributed by atoms with Crippen molar-refractivity contribution in [3.05, 3.63) is 59.4 Å². The number of likely N-dealkylation sites (tertiary alicyclic amines) is 1. The molecule has 0 aliphatic carbocycles. The molecule has 26 heavy (non-hydrogen) atoms. The third kappa shape index (κ3) is 3.93. The van der Waals surface area contributed by atoms with Gasteiger partial charge in [0.2, 0.25) is 0 Å². The van der Waals surface area contributed by atoms with Gasteiger partial charge in [-0.3, -0.25) is 14.6 Å². The standard InChI is InChI=1S/C21H25N3O2/c1-3-24(18-9-7-8-16(2)14-18)21(26)19-15-17(10-11-22-19)20(25)23-12-5-4-6-13-23/h7-11,14-15H,3-6,12-13H2,1-2H3. The molecule has 0 saturated carbocycles. The molecular formula is C21H25N3O2. The number of hydrogen-bond donors (Lipinski definition) is 0. The maximum atomic E-state index is 13.0. The van der Waals surface area contributed by atoms with Crippen molar-refractivity contribution in [2.45, 2.75) is 33.1 Å². The molecule has 3 rings (SSSR count). The zero-order valence-corrected chi connectivity index (χ0v) is 15.4. The van der Waals surface area contributed by atoms with E-state index in [1.54, 1.807) is 23.2 Å². The zero-order valence-electron chi connectivity index (χ0n) is 15.4. The molecule has 0 radical (unpaired) electrons. The van der Waals surface area contributed by atoms with Crippen molar-refractivity contribution in [3.63, 3.8) is 0 Å². The van der Waals surface area contributed by atoms with E-state index in [1.165, 1.54) is 6.42 Å². The summed E-state index contributed by atoms with van der Waals surface area (Å²) in [6.45, 7) is 6.04. The number of rotatable bonds is 4. The lowest BCUT2D eigenvalue weighted by atomic mass is 10.1. The fourth-order valence-electron chi connectivity index (χ4n) is 3.34. The van der Waals surface area contributed by atoms with Gasteiger partial charge in [0.05, 0.1) is 0 Å². The number of carbonyl (C=O) groups excluding carboxylic acids is 2. The number of pyridine rings is 1. The Bertz CT molecular complexity index is 797. The van der Waals surface area contributed by atoms with Gasteiger partial charge < -0.3 is 9.80 Å². The van der Waals surface area contributed by atoms with Crippen LogP contribution in [0.5, 0.6) is 0 Å². The summed E-state index contributed by atoms with van der Waals surface area (Å²) in [7, 11) is 0. The van der Waals surface area contributed by atoms with Gasteiger partial charge in [0, 0.05) is 37.1 Å². The van der Waals surface area contributed by atoms with Gasteiger partial charge in [0.15, 0.2) is 0 Å². The van der Waals surface area contributed by atoms with Gasteiger partial charge in [-0.2, -0.15) is 0 Å². The zero-order chi connectivity index (χ0) is 18.5. The number of hydrogen-bond acceptors (Lipinski definition) is 3. The highest BCUT2D eigenvalue weighted by Gasteiger charge is 2.22. The highest BCUT2D eigenvalue weighted by atomic mass is 16.2. The normalized spacial score (nSPS) is 14.2. The molecule has 1 aliphatic heterocycles. The number of piperidine rings is 1. The molecule has 1 aromatic heterocycles. The third-order valence-corrected chi connectivity index (χ3v) is 4.74. The Labute approximate surface area is 154 Å². The van der Waals surface area contributed by atoms with E-state index in [4.69, 9.17) is 0 Å². The summed E-state index contributed by atoms with van der Waals surface area (Å²) in [4.78, 5) is 33.5. The van der Waals surface area contributed by atoms with Gasteiger partial charge in [-0.05, 0) is 62.9 Å². The second-order valence-corrected chi connectivity index (χ2v) is 6.67. The van der Waals surface area contributed by atoms with Gasteiger partial charge >= 0.3 is 0 Å². The molecule has 0 spiro atoms. The Balaban J connectivity index is 1.84. The predicted octanol–water partition coefficient (Wildman–Crippen LogP) is 3.68. The monoisotopic (exact) mass is 351 g/mol. The fraction of sp³-hybridized carbons (Fsp3) is 0.381. The predicted molar refractivity (Wildman–Crippen MR) is 103 cm³/mol. The molecule has 1 aromatic carbocycles. The van der Waals surface area contributed by atoms with Crippen molar-refractivity contribution < 1.29 is 9.59 Å². The van der Waals surface area contributed by atoms with Gasteiger partial charge in [-0.15, -0.1) is 0 Å². The van der Waals surface area contributed by atoms with Crippen molar-refractivity contribution in [3.8, 4) is 0 Å². The number of amides is 2. The molecule has 2 amide bonds. The summed E-state index contributed by atoms with van der Waals surface area (Å²) in [6, 6.07) is 11.1. The Morgan fingerprint density at radius 3 is 2.58 bits per heavy atom. The molecule has 0 unspecified atom stereocenters. The Morgan fingerprint density at radius 1 is 1.12 bits per heavy atom. The number of benzene rings is 1. The number of anilines is 1. The molecule has 5 heteroatoms. The van der Waals surface area contributed by atoms with Crippen LogP contribution in [0.1, 0.15) is 52.6 Å². The summed E-state index contributed by atoms with van der Waals surface area (Å²) >= 11 is 0. The van der Waals surface area contributed by atoms with Crippen molar-refractivity contribution in [2.24, 2.45) is 0 Å². The van der Waals surface area contributed by atoms with Crippen LogP contribution in [0.25, 0.3) is 0 Å². The van der Waals surface area contributed by atoms with Crippen LogP contribution in [0.2, 0.25) is 0 Å². The lowest BCUT2D eigenvalue weighted by Crippen LogP contribution is -2.36. The molecule has 1 aliphatic rings. The smallest absolute Gasteiger partial charge is 0.276 e. The van der Waals surface area contributed by atoms with E-state index < -0.39 is 0 Å². The molecule has 1 fully saturated rings. The Morgan fingerprint density at radius 2 is 1.88 bits per heavy atom. The van der Waals surface area contributed by atoms with E-state index in [-0.39, 0.29) is 11.8 Å². The van der Waals surface area contributed by atoms with Gasteiger partial charge in [0.25, 0.3) is 11.8 Å². The lowest BCUT2D eigenvalue weighted by molar-refractivity contribution is 0.0724. The number of aromatic nitrogens is 1. The second kappa shape index (κ2) is 8.13. The Hall–Kier alpha value is -2.69. The minimum Gasteiger partial charge on any atom is -0.339 e. The molecule has 2 aromatic rings. The van der Waals surface area contributed by atoms with Crippen molar-refractivity contribution >= 4 is 17.5 Å². The first-order valence-corrected chi connectivity index (χ1v) is 9.24. The quantitative estimate of drug-likeness (QED) is 0.844. The summed E-state index contributed by atoms with van der Waals surface area (Å²) < 4.78 is 0. The van der Waals surface area contributed by atoms with Crippen molar-refractivity contribution in [1.82, 2.24) is 9.88 Å². The van der Waals surface area contributed by atoms with E-state index >= 15 is 0 Å². The van der Waals surface area contributed by atoms with Crippen LogP contribution < -0.4 is 4.90 Å². The number of aryl methyl sites for hydroxylation is 1. The fourth-order valence-corrected chi connectivity index (χ4v) is 3.34. The van der Waals surface area contributed by atoms with Gasteiger partial charge in [0.1, 0.15) is 5.69 Å². The minimum atomic E-state index is -0.189. The van der Waals surface area contributed by atoms with Crippen LogP contribution >= 0.6 is 0 Å². The SMILES string of the molecule is CCN(C(=O)c1cc(C(=O)N2CCCCC2)ccn1)c1cccc(C)c1.